The number of hydrogen-bond acceptors (Lipinski definition) is 8. The first-order valence-corrected chi connectivity index (χ1v) is 14.1. The lowest BCUT2D eigenvalue weighted by Crippen LogP contribution is -2.44. The average Bonchev–Trinajstić information content (AvgIpc) is 3.39. The molecular formula is C28H39N5O5. The summed E-state index contributed by atoms with van der Waals surface area (Å²) in [5.41, 5.74) is 1.62. The van der Waals surface area contributed by atoms with Crippen LogP contribution in [0.5, 0.6) is 5.75 Å². The van der Waals surface area contributed by atoms with E-state index in [1.54, 1.807) is 0 Å². The molecule has 0 bridgehead atoms. The Morgan fingerprint density at radius 3 is 2.68 bits per heavy atom. The summed E-state index contributed by atoms with van der Waals surface area (Å²) in [6, 6.07) is 6.07. The van der Waals surface area contributed by atoms with Crippen LogP contribution in [-0.2, 0) is 31.9 Å². The number of benzene rings is 1. The van der Waals surface area contributed by atoms with Crippen LogP contribution < -0.4 is 9.64 Å². The van der Waals surface area contributed by atoms with E-state index >= 15 is 0 Å². The zero-order chi connectivity index (χ0) is 26.5. The molecule has 1 aromatic carbocycles. The number of anilines is 1. The number of carbonyl (C=O) groups excluding carboxylic acids is 2. The Labute approximate surface area is 224 Å². The quantitative estimate of drug-likeness (QED) is 0.449. The van der Waals surface area contributed by atoms with Crippen LogP contribution >= 0.6 is 0 Å². The van der Waals surface area contributed by atoms with Gasteiger partial charge in [-0.25, -0.2) is 4.68 Å². The van der Waals surface area contributed by atoms with Gasteiger partial charge in [0.25, 0.3) is 0 Å². The normalized spacial score (nSPS) is 20.4. The van der Waals surface area contributed by atoms with Crippen LogP contribution in [0.15, 0.2) is 18.2 Å². The number of unbranched alkanes of at least 4 members (excludes halogenated alkanes) is 1. The summed E-state index contributed by atoms with van der Waals surface area (Å²) in [5, 5.41) is 12.4. The predicted octanol–water partition coefficient (Wildman–Crippen LogP) is 4.18. The number of amides is 2. The molecule has 38 heavy (non-hydrogen) atoms. The maximum atomic E-state index is 13.1. The topological polar surface area (TPSA) is 109 Å². The van der Waals surface area contributed by atoms with Crippen molar-refractivity contribution < 1.29 is 23.8 Å². The molecule has 1 saturated carbocycles. The first kappa shape index (κ1) is 26.7. The monoisotopic (exact) mass is 525 g/mol. The molecule has 10 heteroatoms. The summed E-state index contributed by atoms with van der Waals surface area (Å²) in [5.74, 6) is 0.657. The lowest BCUT2D eigenvalue weighted by atomic mass is 9.95. The number of ether oxygens (including phenoxy) is 3. The molecule has 1 aromatic heterocycles. The van der Waals surface area contributed by atoms with Gasteiger partial charge < -0.3 is 14.2 Å². The minimum absolute atomic E-state index is 0.0661. The van der Waals surface area contributed by atoms with Gasteiger partial charge >= 0.3 is 0 Å². The number of fused-ring (bicyclic) bond motifs is 1. The molecule has 10 nitrogen and oxygen atoms in total. The summed E-state index contributed by atoms with van der Waals surface area (Å²) in [7, 11) is 0. The number of tetrazole rings is 1. The zero-order valence-corrected chi connectivity index (χ0v) is 22.6. The first-order valence-electron chi connectivity index (χ1n) is 14.1. The first-order chi connectivity index (χ1) is 18.4. The highest BCUT2D eigenvalue weighted by molar-refractivity contribution is 6.16. The molecule has 2 amide bonds. The number of aryl methyl sites for hydroxylation is 2. The number of carbonyl (C=O) groups is 2. The van der Waals surface area contributed by atoms with Crippen LogP contribution in [-0.4, -0.2) is 57.6 Å². The molecule has 0 N–H and O–H groups in total. The number of nitrogens with zero attached hydrogens (tertiary/aromatic N) is 5. The minimum atomic E-state index is -0.630. The zero-order valence-electron chi connectivity index (χ0n) is 22.6. The van der Waals surface area contributed by atoms with Crippen molar-refractivity contribution in [3.05, 3.63) is 29.6 Å². The Morgan fingerprint density at radius 1 is 1.11 bits per heavy atom. The van der Waals surface area contributed by atoms with Crippen molar-refractivity contribution in [1.29, 1.82) is 0 Å². The lowest BCUT2D eigenvalue weighted by molar-refractivity contribution is -0.262. The minimum Gasteiger partial charge on any atom is -0.494 e. The highest BCUT2D eigenvalue weighted by Gasteiger charge is 2.34. The van der Waals surface area contributed by atoms with Gasteiger partial charge in [-0.1, -0.05) is 19.3 Å². The molecule has 2 aromatic rings. The summed E-state index contributed by atoms with van der Waals surface area (Å²) in [6.07, 6.45) is 9.93. The molecule has 0 radical (unpaired) electrons. The van der Waals surface area contributed by atoms with Gasteiger partial charge in [0.1, 0.15) is 5.75 Å². The molecule has 2 fully saturated rings. The van der Waals surface area contributed by atoms with Crippen molar-refractivity contribution in [1.82, 2.24) is 20.2 Å². The van der Waals surface area contributed by atoms with Crippen LogP contribution in [0.3, 0.4) is 0 Å². The molecule has 206 valence electrons. The Kier molecular flexibility index (Phi) is 8.38. The van der Waals surface area contributed by atoms with Gasteiger partial charge in [-0.15, -0.1) is 5.10 Å². The molecule has 1 saturated heterocycles. The van der Waals surface area contributed by atoms with Gasteiger partial charge in [0, 0.05) is 25.2 Å². The van der Waals surface area contributed by atoms with E-state index in [1.165, 1.54) is 24.2 Å². The van der Waals surface area contributed by atoms with Gasteiger partial charge in [0.2, 0.25) is 11.8 Å². The highest BCUT2D eigenvalue weighted by Crippen LogP contribution is 2.33. The van der Waals surface area contributed by atoms with E-state index in [2.05, 4.69) is 15.5 Å². The van der Waals surface area contributed by atoms with Crippen molar-refractivity contribution in [2.24, 2.45) is 5.92 Å². The standard InChI is InChI=1S/C28H39N5O5/c1-28(2)37-18-20(19-38-28)16-27(35)32-24-13-12-23(17-21(24)11-14-26(32)34)36-15-7-6-10-25-29-30-31-33(25)22-8-4-3-5-9-22/h12-13,17,20,22H,3-11,14-16,18-19H2,1-2H3. The SMILES string of the molecule is CC1(C)OCC(CC(=O)N2C(=O)CCc3cc(OCCCCc4nnnn4C4CCCCC4)ccc32)CO1. The van der Waals surface area contributed by atoms with E-state index in [1.807, 2.05) is 36.7 Å². The Bertz CT molecular complexity index is 1120. The predicted molar refractivity (Wildman–Crippen MR) is 140 cm³/mol. The maximum Gasteiger partial charge on any atom is 0.234 e. The average molecular weight is 526 g/mol. The van der Waals surface area contributed by atoms with E-state index in [-0.39, 0.29) is 24.2 Å². The summed E-state index contributed by atoms with van der Waals surface area (Å²) < 4.78 is 19.4. The largest absolute Gasteiger partial charge is 0.494 e. The number of hydrogen-bond donors (Lipinski definition) is 0. The summed E-state index contributed by atoms with van der Waals surface area (Å²) in [6.45, 7) is 5.18. The van der Waals surface area contributed by atoms with Crippen LogP contribution in [0, 0.1) is 5.92 Å². The van der Waals surface area contributed by atoms with E-state index in [4.69, 9.17) is 14.2 Å². The second-order valence-electron chi connectivity index (χ2n) is 11.1. The maximum absolute atomic E-state index is 13.1. The van der Waals surface area contributed by atoms with E-state index in [0.29, 0.717) is 44.4 Å². The van der Waals surface area contributed by atoms with E-state index < -0.39 is 5.79 Å². The fraction of sp³-hybridized carbons (Fsp3) is 0.679. The van der Waals surface area contributed by atoms with Crippen LogP contribution in [0.25, 0.3) is 0 Å². The number of imide groups is 1. The van der Waals surface area contributed by atoms with Gasteiger partial charge in [0.05, 0.1) is 31.5 Å². The van der Waals surface area contributed by atoms with Crippen molar-refractivity contribution in [3.63, 3.8) is 0 Å². The van der Waals surface area contributed by atoms with Gasteiger partial charge in [0.15, 0.2) is 11.6 Å². The van der Waals surface area contributed by atoms with E-state index in [9.17, 15) is 9.59 Å². The third-order valence-corrected chi connectivity index (χ3v) is 7.74. The molecule has 1 aliphatic carbocycles. The third kappa shape index (κ3) is 6.40. The fourth-order valence-electron chi connectivity index (χ4n) is 5.58. The Balaban J connectivity index is 1.11. The number of aromatic nitrogens is 4. The fourth-order valence-corrected chi connectivity index (χ4v) is 5.58. The second-order valence-corrected chi connectivity index (χ2v) is 11.1. The Morgan fingerprint density at radius 2 is 1.89 bits per heavy atom. The summed E-state index contributed by atoms with van der Waals surface area (Å²) >= 11 is 0. The lowest BCUT2D eigenvalue weighted by Gasteiger charge is -2.35. The van der Waals surface area contributed by atoms with Crippen molar-refractivity contribution in [2.45, 2.75) is 96.3 Å². The molecule has 0 atom stereocenters. The van der Waals surface area contributed by atoms with Crippen LogP contribution in [0.2, 0.25) is 0 Å². The summed E-state index contributed by atoms with van der Waals surface area (Å²) in [4.78, 5) is 27.1. The molecule has 0 unspecified atom stereocenters. The Hall–Kier alpha value is -2.85. The molecule has 2 aliphatic heterocycles. The second kappa shape index (κ2) is 11.9. The van der Waals surface area contributed by atoms with Crippen LogP contribution in [0.4, 0.5) is 5.69 Å². The van der Waals surface area contributed by atoms with Gasteiger partial charge in [-0.2, -0.15) is 0 Å². The van der Waals surface area contributed by atoms with Gasteiger partial charge in [-0.05, 0) is 80.1 Å². The molecule has 0 spiro atoms. The number of rotatable bonds is 9. The van der Waals surface area contributed by atoms with Crippen molar-refractivity contribution in [2.75, 3.05) is 24.7 Å². The molecular weight excluding hydrogens is 486 g/mol. The molecule has 5 rings (SSSR count). The highest BCUT2D eigenvalue weighted by atomic mass is 16.7. The van der Waals surface area contributed by atoms with Crippen LogP contribution in [0.1, 0.15) is 89.1 Å². The van der Waals surface area contributed by atoms with Crippen molar-refractivity contribution in [3.8, 4) is 5.75 Å². The third-order valence-electron chi connectivity index (χ3n) is 7.74. The smallest absolute Gasteiger partial charge is 0.234 e. The molecule has 3 heterocycles. The van der Waals surface area contributed by atoms with Crippen molar-refractivity contribution >= 4 is 17.5 Å². The molecule has 3 aliphatic rings. The van der Waals surface area contributed by atoms with E-state index in [0.717, 1.165) is 49.2 Å². The van der Waals surface area contributed by atoms with Gasteiger partial charge in [-0.3, -0.25) is 14.5 Å².